The smallest absolute Gasteiger partial charge is 0.352 e. The van der Waals surface area contributed by atoms with Crippen LogP contribution in [-0.2, 0) is 32.3 Å². The zero-order valence-corrected chi connectivity index (χ0v) is 21.9. The number of amides is 2. The molecule has 2 rings (SSSR count). The second-order valence-electron chi connectivity index (χ2n) is 8.52. The Morgan fingerprint density at radius 3 is 2.25 bits per heavy atom. The molecular weight excluding hydrogens is 519 g/mol. The highest BCUT2D eigenvalue weighted by atomic mass is 35.5. The largest absolute Gasteiger partial charge is 0.416 e. The zero-order chi connectivity index (χ0) is 27.3. The van der Waals surface area contributed by atoms with Crippen LogP contribution in [0.3, 0.4) is 0 Å². The minimum absolute atomic E-state index is 0.108. The van der Waals surface area contributed by atoms with Crippen LogP contribution in [0, 0.1) is 0 Å². The summed E-state index contributed by atoms with van der Waals surface area (Å²) in [4.78, 5) is 27.7. The Labute approximate surface area is 214 Å². The van der Waals surface area contributed by atoms with Gasteiger partial charge in [-0.05, 0) is 50.1 Å². The summed E-state index contributed by atoms with van der Waals surface area (Å²) in [7, 11) is -4.17. The number of halogens is 4. The third-order valence-corrected chi connectivity index (χ3v) is 6.77. The van der Waals surface area contributed by atoms with E-state index in [1.54, 1.807) is 45.0 Å². The van der Waals surface area contributed by atoms with Crippen molar-refractivity contribution in [3.8, 4) is 0 Å². The molecule has 12 heteroatoms. The Bertz CT molecular complexity index is 1190. The number of rotatable bonds is 10. The molecule has 1 N–H and O–H groups in total. The van der Waals surface area contributed by atoms with Crippen molar-refractivity contribution in [2.75, 3.05) is 17.1 Å². The van der Waals surface area contributed by atoms with Crippen molar-refractivity contribution in [2.45, 2.75) is 52.0 Å². The summed E-state index contributed by atoms with van der Waals surface area (Å²) in [5.41, 5.74) is -0.858. The van der Waals surface area contributed by atoms with Gasteiger partial charge in [-0.2, -0.15) is 13.2 Å². The average Bonchev–Trinajstić information content (AvgIpc) is 2.76. The van der Waals surface area contributed by atoms with Crippen molar-refractivity contribution in [1.29, 1.82) is 0 Å². The lowest BCUT2D eigenvalue weighted by atomic mass is 10.1. The fourth-order valence-corrected chi connectivity index (χ4v) is 4.60. The number of hydrogen-bond donors (Lipinski definition) is 1. The number of alkyl halides is 3. The van der Waals surface area contributed by atoms with Gasteiger partial charge in [0.1, 0.15) is 12.6 Å². The molecule has 0 radical (unpaired) electrons. The summed E-state index contributed by atoms with van der Waals surface area (Å²) in [6.45, 7) is 4.28. The van der Waals surface area contributed by atoms with E-state index in [-0.39, 0.29) is 24.7 Å². The minimum atomic E-state index is -4.71. The Morgan fingerprint density at radius 2 is 1.72 bits per heavy atom. The molecule has 36 heavy (non-hydrogen) atoms. The van der Waals surface area contributed by atoms with Gasteiger partial charge in [-0.1, -0.05) is 42.8 Å². The fourth-order valence-electron chi connectivity index (χ4n) is 3.56. The maximum Gasteiger partial charge on any atom is 0.416 e. The van der Waals surface area contributed by atoms with Crippen LogP contribution >= 0.6 is 11.6 Å². The van der Waals surface area contributed by atoms with E-state index in [0.29, 0.717) is 21.0 Å². The van der Waals surface area contributed by atoms with E-state index in [1.807, 2.05) is 0 Å². The topological polar surface area (TPSA) is 86.8 Å². The first-order valence-corrected chi connectivity index (χ1v) is 13.4. The Morgan fingerprint density at radius 1 is 1.08 bits per heavy atom. The first-order chi connectivity index (χ1) is 16.6. The van der Waals surface area contributed by atoms with Crippen LogP contribution in [0.5, 0.6) is 0 Å². The van der Waals surface area contributed by atoms with E-state index in [9.17, 15) is 31.2 Å². The van der Waals surface area contributed by atoms with Crippen LogP contribution in [-0.4, -0.2) is 50.0 Å². The van der Waals surface area contributed by atoms with Gasteiger partial charge in [0.2, 0.25) is 21.8 Å². The van der Waals surface area contributed by atoms with E-state index < -0.39 is 46.2 Å². The maximum absolute atomic E-state index is 13.5. The monoisotopic (exact) mass is 547 g/mol. The molecule has 0 unspecified atom stereocenters. The molecule has 0 aliphatic heterocycles. The summed E-state index contributed by atoms with van der Waals surface area (Å²) >= 11 is 6.27. The van der Waals surface area contributed by atoms with E-state index in [0.717, 1.165) is 18.4 Å². The molecule has 0 bridgehead atoms. The highest BCUT2D eigenvalue weighted by Crippen LogP contribution is 2.32. The van der Waals surface area contributed by atoms with Crippen LogP contribution in [0.4, 0.5) is 18.9 Å². The van der Waals surface area contributed by atoms with Crippen molar-refractivity contribution in [1.82, 2.24) is 10.2 Å². The van der Waals surface area contributed by atoms with Crippen LogP contribution in [0.15, 0.2) is 48.5 Å². The summed E-state index contributed by atoms with van der Waals surface area (Å²) in [5, 5.41) is 3.09. The standard InChI is InChI=1S/C24H29ClF3N3O4S/c1-5-21(23(33)29-16(2)3)30(14-17-9-6-7-12-20(17)25)22(32)15-31(36(4,34)35)19-11-8-10-18(13-19)24(26,27)28/h6-13,16,21H,5,14-15H2,1-4H3,(H,29,33)/t21-/m1/s1. The number of benzene rings is 2. The molecule has 0 spiro atoms. The summed E-state index contributed by atoms with van der Waals surface area (Å²) < 4.78 is 65.4. The zero-order valence-electron chi connectivity index (χ0n) is 20.3. The van der Waals surface area contributed by atoms with E-state index in [1.165, 1.54) is 11.0 Å². The predicted octanol–water partition coefficient (Wildman–Crippen LogP) is 4.46. The van der Waals surface area contributed by atoms with Crippen LogP contribution < -0.4 is 9.62 Å². The lowest BCUT2D eigenvalue weighted by Crippen LogP contribution is -2.53. The number of anilines is 1. The second-order valence-corrected chi connectivity index (χ2v) is 10.8. The molecule has 0 fully saturated rings. The van der Waals surface area contributed by atoms with E-state index >= 15 is 0 Å². The van der Waals surface area contributed by atoms with Crippen LogP contribution in [0.1, 0.15) is 38.3 Å². The molecule has 7 nitrogen and oxygen atoms in total. The maximum atomic E-state index is 13.5. The average molecular weight is 548 g/mol. The van der Waals surface area contributed by atoms with Crippen molar-refractivity contribution < 1.29 is 31.2 Å². The van der Waals surface area contributed by atoms with Crippen molar-refractivity contribution >= 4 is 39.1 Å². The summed E-state index contributed by atoms with van der Waals surface area (Å²) in [6, 6.07) is 9.17. The van der Waals surface area contributed by atoms with Gasteiger partial charge in [0.25, 0.3) is 0 Å². The van der Waals surface area contributed by atoms with Crippen molar-refractivity contribution in [3.05, 3.63) is 64.7 Å². The Balaban J connectivity index is 2.51. The molecule has 2 aromatic carbocycles. The number of hydrogen-bond acceptors (Lipinski definition) is 4. The van der Waals surface area contributed by atoms with Gasteiger partial charge < -0.3 is 10.2 Å². The first kappa shape index (κ1) is 29.4. The highest BCUT2D eigenvalue weighted by molar-refractivity contribution is 7.92. The number of carbonyl (C=O) groups excluding carboxylic acids is 2. The van der Waals surface area contributed by atoms with Crippen molar-refractivity contribution in [2.24, 2.45) is 0 Å². The second kappa shape index (κ2) is 12.0. The molecule has 0 heterocycles. The van der Waals surface area contributed by atoms with Gasteiger partial charge in [-0.15, -0.1) is 0 Å². The normalized spacial score (nSPS) is 12.8. The van der Waals surface area contributed by atoms with Gasteiger partial charge in [-0.3, -0.25) is 13.9 Å². The van der Waals surface area contributed by atoms with Gasteiger partial charge in [0, 0.05) is 17.6 Å². The minimum Gasteiger partial charge on any atom is -0.352 e. The summed E-state index contributed by atoms with van der Waals surface area (Å²) in [5.74, 6) is -1.22. The molecular formula is C24H29ClF3N3O4S. The molecule has 2 aromatic rings. The quantitative estimate of drug-likeness (QED) is 0.476. The van der Waals surface area contributed by atoms with Gasteiger partial charge >= 0.3 is 6.18 Å². The van der Waals surface area contributed by atoms with Gasteiger partial charge in [-0.25, -0.2) is 8.42 Å². The molecule has 0 aliphatic rings. The number of carbonyl (C=O) groups is 2. The van der Waals surface area contributed by atoms with E-state index in [2.05, 4.69) is 5.32 Å². The van der Waals surface area contributed by atoms with Gasteiger partial charge in [0.15, 0.2) is 0 Å². The molecule has 0 saturated carbocycles. The predicted molar refractivity (Wildman–Crippen MR) is 133 cm³/mol. The lowest BCUT2D eigenvalue weighted by Gasteiger charge is -2.33. The molecule has 198 valence electrons. The third-order valence-electron chi connectivity index (χ3n) is 5.26. The molecule has 1 atom stereocenters. The van der Waals surface area contributed by atoms with Crippen molar-refractivity contribution in [3.63, 3.8) is 0 Å². The SMILES string of the molecule is CC[C@H](C(=O)NC(C)C)N(Cc1ccccc1Cl)C(=O)CN(c1cccc(C(F)(F)F)c1)S(C)(=O)=O. The number of nitrogens with zero attached hydrogens (tertiary/aromatic N) is 2. The van der Waals surface area contributed by atoms with Gasteiger partial charge in [0.05, 0.1) is 17.5 Å². The fraction of sp³-hybridized carbons (Fsp3) is 0.417. The molecule has 0 aliphatic carbocycles. The molecule has 0 aromatic heterocycles. The highest BCUT2D eigenvalue weighted by Gasteiger charge is 2.34. The molecule has 0 saturated heterocycles. The third kappa shape index (κ3) is 7.86. The summed E-state index contributed by atoms with van der Waals surface area (Å²) in [6.07, 6.45) is -3.71. The molecule has 2 amide bonds. The van der Waals surface area contributed by atoms with Crippen LogP contribution in [0.2, 0.25) is 5.02 Å². The lowest BCUT2D eigenvalue weighted by molar-refractivity contribution is -0.140. The number of nitrogens with one attached hydrogen (secondary N) is 1. The van der Waals surface area contributed by atoms with Crippen LogP contribution in [0.25, 0.3) is 0 Å². The Hall–Kier alpha value is -2.79. The first-order valence-electron chi connectivity index (χ1n) is 11.1. The number of sulfonamides is 1. The van der Waals surface area contributed by atoms with E-state index in [4.69, 9.17) is 11.6 Å². The Kier molecular flexibility index (Phi) is 9.78.